The van der Waals surface area contributed by atoms with Crippen LogP contribution in [0.2, 0.25) is 5.02 Å². The largest absolute Gasteiger partial charge is 0.417 e. The van der Waals surface area contributed by atoms with Gasteiger partial charge in [0.15, 0.2) is 0 Å². The molecule has 12 heteroatoms. The van der Waals surface area contributed by atoms with Crippen molar-refractivity contribution in [3.63, 3.8) is 0 Å². The lowest BCUT2D eigenvalue weighted by Gasteiger charge is -2.35. The number of alkyl halides is 3. The number of hydrogen-bond acceptors (Lipinski definition) is 7. The molecule has 0 radical (unpaired) electrons. The van der Waals surface area contributed by atoms with E-state index in [1.807, 2.05) is 7.05 Å². The number of benzene rings is 1. The van der Waals surface area contributed by atoms with Crippen molar-refractivity contribution in [3.8, 4) is 0 Å². The minimum atomic E-state index is -4.66. The van der Waals surface area contributed by atoms with Crippen LogP contribution in [0.25, 0.3) is 0 Å². The molecule has 0 atom stereocenters. The lowest BCUT2D eigenvalue weighted by molar-refractivity contribution is -0.383. The highest BCUT2D eigenvalue weighted by molar-refractivity contribution is 6.31. The SMILES string of the molecule is CN1CCC(N(C)c2ncnc(Nc3ccc(Cl)c(C(F)(F)F)c3)c2[N+](=O)[O-])CC1. The number of nitrogens with zero attached hydrogens (tertiary/aromatic N) is 5. The van der Waals surface area contributed by atoms with Crippen molar-refractivity contribution in [2.45, 2.75) is 25.1 Å². The van der Waals surface area contributed by atoms with Gasteiger partial charge in [-0.2, -0.15) is 13.2 Å². The third-order valence-electron chi connectivity index (χ3n) is 5.09. The first-order chi connectivity index (χ1) is 14.1. The van der Waals surface area contributed by atoms with Gasteiger partial charge in [0.1, 0.15) is 6.33 Å². The van der Waals surface area contributed by atoms with Crippen LogP contribution in [-0.4, -0.2) is 53.0 Å². The lowest BCUT2D eigenvalue weighted by atomic mass is 10.0. The van der Waals surface area contributed by atoms with E-state index in [9.17, 15) is 23.3 Å². The van der Waals surface area contributed by atoms with Crippen LogP contribution in [-0.2, 0) is 6.18 Å². The molecule has 8 nitrogen and oxygen atoms in total. The van der Waals surface area contributed by atoms with E-state index in [1.54, 1.807) is 11.9 Å². The van der Waals surface area contributed by atoms with Crippen molar-refractivity contribution in [2.75, 3.05) is 37.4 Å². The first-order valence-corrected chi connectivity index (χ1v) is 9.50. The van der Waals surface area contributed by atoms with Crippen molar-refractivity contribution in [1.82, 2.24) is 14.9 Å². The molecule has 1 saturated heterocycles. The van der Waals surface area contributed by atoms with Crippen molar-refractivity contribution < 1.29 is 18.1 Å². The Labute approximate surface area is 175 Å². The average molecular weight is 445 g/mol. The van der Waals surface area contributed by atoms with Gasteiger partial charge in [-0.3, -0.25) is 10.1 Å². The summed E-state index contributed by atoms with van der Waals surface area (Å²) >= 11 is 5.64. The van der Waals surface area contributed by atoms with Gasteiger partial charge in [0.2, 0.25) is 11.6 Å². The van der Waals surface area contributed by atoms with Crippen molar-refractivity contribution in [3.05, 3.63) is 45.2 Å². The highest BCUT2D eigenvalue weighted by atomic mass is 35.5. The van der Waals surface area contributed by atoms with E-state index in [0.29, 0.717) is 0 Å². The van der Waals surface area contributed by atoms with E-state index in [0.717, 1.165) is 44.4 Å². The summed E-state index contributed by atoms with van der Waals surface area (Å²) < 4.78 is 39.4. The monoisotopic (exact) mass is 444 g/mol. The van der Waals surface area contributed by atoms with E-state index in [4.69, 9.17) is 11.6 Å². The number of halogens is 4. The fourth-order valence-electron chi connectivity index (χ4n) is 3.40. The average Bonchev–Trinajstić information content (AvgIpc) is 2.68. The summed E-state index contributed by atoms with van der Waals surface area (Å²) in [6.45, 7) is 1.70. The van der Waals surface area contributed by atoms with Gasteiger partial charge in [0.05, 0.1) is 15.5 Å². The van der Waals surface area contributed by atoms with Gasteiger partial charge in [0, 0.05) is 18.8 Å². The Morgan fingerprint density at radius 1 is 1.30 bits per heavy atom. The molecule has 1 N–H and O–H groups in total. The maximum atomic E-state index is 13.1. The van der Waals surface area contributed by atoms with Crippen LogP contribution in [0, 0.1) is 10.1 Å². The molecule has 162 valence electrons. The number of aromatic nitrogens is 2. The van der Waals surface area contributed by atoms with Gasteiger partial charge in [0.25, 0.3) is 0 Å². The van der Waals surface area contributed by atoms with E-state index in [1.165, 1.54) is 6.07 Å². The summed E-state index contributed by atoms with van der Waals surface area (Å²) in [4.78, 5) is 23.1. The summed E-state index contributed by atoms with van der Waals surface area (Å²) in [6, 6.07) is 3.21. The number of nitrogens with one attached hydrogen (secondary N) is 1. The smallest absolute Gasteiger partial charge is 0.351 e. The number of hydrogen-bond donors (Lipinski definition) is 1. The Hall–Kier alpha value is -2.66. The maximum absolute atomic E-state index is 13.1. The van der Waals surface area contributed by atoms with E-state index in [-0.39, 0.29) is 23.4 Å². The third-order valence-corrected chi connectivity index (χ3v) is 5.42. The Morgan fingerprint density at radius 2 is 1.97 bits per heavy atom. The Kier molecular flexibility index (Phi) is 6.32. The van der Waals surface area contributed by atoms with Crippen LogP contribution in [0.3, 0.4) is 0 Å². The molecule has 1 aromatic heterocycles. The summed E-state index contributed by atoms with van der Waals surface area (Å²) in [5.74, 6) is -0.0858. The minimum absolute atomic E-state index is 0.0265. The van der Waals surface area contributed by atoms with Gasteiger partial charge in [-0.25, -0.2) is 9.97 Å². The molecule has 30 heavy (non-hydrogen) atoms. The molecule has 1 aromatic carbocycles. The zero-order valence-corrected chi connectivity index (χ0v) is 17.0. The first-order valence-electron chi connectivity index (χ1n) is 9.12. The summed E-state index contributed by atoms with van der Waals surface area (Å²) in [7, 11) is 3.73. The van der Waals surface area contributed by atoms with Gasteiger partial charge in [-0.1, -0.05) is 11.6 Å². The van der Waals surface area contributed by atoms with Crippen molar-refractivity contribution >= 4 is 34.6 Å². The second kappa shape index (κ2) is 8.60. The number of rotatable bonds is 5. The lowest BCUT2D eigenvalue weighted by Crippen LogP contribution is -2.42. The highest BCUT2D eigenvalue weighted by Gasteiger charge is 2.34. The van der Waals surface area contributed by atoms with Crippen LogP contribution in [0.15, 0.2) is 24.5 Å². The molecule has 0 amide bonds. The molecule has 0 saturated carbocycles. The Morgan fingerprint density at radius 3 is 2.57 bits per heavy atom. The van der Waals surface area contributed by atoms with Crippen LogP contribution < -0.4 is 10.2 Å². The Balaban J connectivity index is 1.95. The van der Waals surface area contributed by atoms with Gasteiger partial charge in [-0.15, -0.1) is 0 Å². The second-order valence-electron chi connectivity index (χ2n) is 7.11. The first kappa shape index (κ1) is 22.0. The molecule has 0 unspecified atom stereocenters. The summed E-state index contributed by atoms with van der Waals surface area (Å²) in [6.07, 6.45) is -1.89. The van der Waals surface area contributed by atoms with Crippen LogP contribution in [0.1, 0.15) is 18.4 Å². The quantitative estimate of drug-likeness (QED) is 0.542. The molecule has 1 aliphatic rings. The fraction of sp³-hybridized carbons (Fsp3) is 0.444. The van der Waals surface area contributed by atoms with E-state index >= 15 is 0 Å². The number of anilines is 3. The standard InChI is InChI=1S/C18H20ClF3N6O2/c1-26-7-5-12(6-8-26)27(2)17-15(28(29)30)16(23-10-24-17)25-11-3-4-14(19)13(9-11)18(20,21)22/h3-4,9-10,12H,5-8H2,1-2H3,(H,23,24,25). The minimum Gasteiger partial charge on any atom is -0.351 e. The Bertz CT molecular complexity index is 935. The molecule has 3 rings (SSSR count). The fourth-order valence-corrected chi connectivity index (χ4v) is 3.62. The van der Waals surface area contributed by atoms with Gasteiger partial charge < -0.3 is 15.1 Å². The maximum Gasteiger partial charge on any atom is 0.417 e. The van der Waals surface area contributed by atoms with Crippen LogP contribution in [0.4, 0.5) is 36.2 Å². The topological polar surface area (TPSA) is 87.4 Å². The van der Waals surface area contributed by atoms with E-state index < -0.39 is 27.4 Å². The van der Waals surface area contributed by atoms with Crippen LogP contribution in [0.5, 0.6) is 0 Å². The predicted molar refractivity (Wildman–Crippen MR) is 107 cm³/mol. The zero-order valence-electron chi connectivity index (χ0n) is 16.3. The normalized spacial score (nSPS) is 15.8. The molecule has 1 fully saturated rings. The number of likely N-dealkylation sites (tertiary alicyclic amines) is 1. The third kappa shape index (κ3) is 4.73. The molecule has 0 spiro atoms. The van der Waals surface area contributed by atoms with E-state index in [2.05, 4.69) is 20.2 Å². The zero-order chi connectivity index (χ0) is 22.1. The van der Waals surface area contributed by atoms with Crippen molar-refractivity contribution in [2.24, 2.45) is 0 Å². The summed E-state index contributed by atoms with van der Waals surface area (Å²) in [5.41, 5.74) is -1.47. The molecule has 0 aliphatic carbocycles. The molecule has 2 heterocycles. The van der Waals surface area contributed by atoms with Gasteiger partial charge >= 0.3 is 11.9 Å². The second-order valence-corrected chi connectivity index (χ2v) is 7.52. The molecule has 1 aliphatic heterocycles. The van der Waals surface area contributed by atoms with Gasteiger partial charge in [-0.05, 0) is 51.2 Å². The molecule has 0 bridgehead atoms. The van der Waals surface area contributed by atoms with Crippen LogP contribution >= 0.6 is 11.6 Å². The van der Waals surface area contributed by atoms with Crippen molar-refractivity contribution in [1.29, 1.82) is 0 Å². The highest BCUT2D eigenvalue weighted by Crippen LogP contribution is 2.39. The molecule has 2 aromatic rings. The molecular formula is C18H20ClF3N6O2. The predicted octanol–water partition coefficient (Wildman–Crippen LogP) is 4.33. The number of piperidine rings is 1. The molecular weight excluding hydrogens is 425 g/mol. The summed E-state index contributed by atoms with van der Waals surface area (Å²) in [5, 5.41) is 13.9. The number of nitro groups is 1.